The van der Waals surface area contributed by atoms with Crippen LogP contribution in [0.25, 0.3) is 0 Å². The largest absolute Gasteiger partial charge is 0.361 e. The van der Waals surface area contributed by atoms with Gasteiger partial charge in [0.1, 0.15) is 6.10 Å². The van der Waals surface area contributed by atoms with Gasteiger partial charge >= 0.3 is 0 Å². The lowest BCUT2D eigenvalue weighted by Gasteiger charge is -2.05. The van der Waals surface area contributed by atoms with Gasteiger partial charge in [-0.1, -0.05) is 48.2 Å². The molecule has 80 valence electrons. The highest BCUT2D eigenvalue weighted by Crippen LogP contribution is 2.60. The molecule has 1 saturated carbocycles. The molecule has 1 aromatic carbocycles. The molecule has 2 fully saturated rings. The summed E-state index contributed by atoms with van der Waals surface area (Å²) in [5, 5.41) is 1.28. The molecular formula is C12H12Cl2O. The van der Waals surface area contributed by atoms with Crippen LogP contribution in [0, 0.1) is 0 Å². The molecule has 1 spiro atoms. The van der Waals surface area contributed by atoms with Crippen LogP contribution in [0.2, 0.25) is 10.0 Å². The predicted octanol–water partition coefficient (Wildman–Crippen LogP) is 4.38. The Kier molecular flexibility index (Phi) is 2.24. The third-order valence-corrected chi connectivity index (χ3v) is 4.32. The second-order valence-electron chi connectivity index (χ2n) is 4.41. The summed E-state index contributed by atoms with van der Waals surface area (Å²) in [7, 11) is 0. The molecule has 0 N–H and O–H groups in total. The molecule has 1 aliphatic carbocycles. The van der Waals surface area contributed by atoms with E-state index in [1.54, 1.807) is 0 Å². The van der Waals surface area contributed by atoms with Crippen LogP contribution in [-0.2, 0) is 4.74 Å². The van der Waals surface area contributed by atoms with Gasteiger partial charge in [0.05, 0.1) is 15.6 Å². The van der Waals surface area contributed by atoms with Crippen LogP contribution in [0.4, 0.5) is 0 Å². The second-order valence-corrected chi connectivity index (χ2v) is 5.20. The number of benzene rings is 1. The highest BCUT2D eigenvalue weighted by atomic mass is 35.5. The summed E-state index contributed by atoms with van der Waals surface area (Å²) < 4.78 is 5.84. The fraction of sp³-hybridized carbons (Fsp3) is 0.500. The molecule has 0 radical (unpaired) electrons. The quantitative estimate of drug-likeness (QED) is 0.667. The Hall–Kier alpha value is -0.240. The Morgan fingerprint density at radius 3 is 2.67 bits per heavy atom. The van der Waals surface area contributed by atoms with E-state index in [2.05, 4.69) is 0 Å². The van der Waals surface area contributed by atoms with E-state index in [0.717, 1.165) is 5.56 Å². The minimum Gasteiger partial charge on any atom is -0.361 e. The van der Waals surface area contributed by atoms with Crippen molar-refractivity contribution in [2.45, 2.75) is 37.4 Å². The molecule has 2 aliphatic rings. The van der Waals surface area contributed by atoms with Crippen molar-refractivity contribution in [3.8, 4) is 0 Å². The molecule has 1 aromatic rings. The maximum Gasteiger partial charge on any atom is 0.114 e. The van der Waals surface area contributed by atoms with Gasteiger partial charge in [0.15, 0.2) is 0 Å². The van der Waals surface area contributed by atoms with Crippen molar-refractivity contribution in [1.82, 2.24) is 0 Å². The van der Waals surface area contributed by atoms with Gasteiger partial charge in [0, 0.05) is 5.56 Å². The van der Waals surface area contributed by atoms with Gasteiger partial charge in [0.2, 0.25) is 0 Å². The normalized spacial score (nSPS) is 27.2. The third-order valence-electron chi connectivity index (χ3n) is 3.49. The SMILES string of the molecule is Clc1cccc(C2OC23CCCC3)c1Cl. The first-order valence-corrected chi connectivity index (χ1v) is 6.10. The lowest BCUT2D eigenvalue weighted by Crippen LogP contribution is -2.04. The molecule has 1 nitrogen and oxygen atoms in total. The van der Waals surface area contributed by atoms with E-state index in [1.807, 2.05) is 18.2 Å². The van der Waals surface area contributed by atoms with Crippen LogP contribution in [0.1, 0.15) is 37.4 Å². The van der Waals surface area contributed by atoms with Gasteiger partial charge in [0.25, 0.3) is 0 Å². The molecule has 1 aliphatic heterocycles. The van der Waals surface area contributed by atoms with E-state index in [0.29, 0.717) is 10.0 Å². The molecule has 1 heterocycles. The topological polar surface area (TPSA) is 12.5 Å². The Morgan fingerprint density at radius 2 is 1.93 bits per heavy atom. The average molecular weight is 243 g/mol. The first kappa shape index (κ1) is 9.95. The zero-order valence-electron chi connectivity index (χ0n) is 8.30. The van der Waals surface area contributed by atoms with Crippen LogP contribution in [-0.4, -0.2) is 5.60 Å². The van der Waals surface area contributed by atoms with Crippen molar-refractivity contribution >= 4 is 23.2 Å². The fourth-order valence-corrected chi connectivity index (χ4v) is 3.03. The lowest BCUT2D eigenvalue weighted by molar-refractivity contribution is 0.297. The summed E-state index contributed by atoms with van der Waals surface area (Å²) in [5.41, 5.74) is 1.17. The first-order chi connectivity index (χ1) is 7.23. The highest BCUT2D eigenvalue weighted by Gasteiger charge is 2.58. The van der Waals surface area contributed by atoms with Gasteiger partial charge in [-0.05, 0) is 18.9 Å². The summed E-state index contributed by atoms with van der Waals surface area (Å²) in [4.78, 5) is 0. The van der Waals surface area contributed by atoms with Crippen molar-refractivity contribution < 1.29 is 4.74 Å². The molecular weight excluding hydrogens is 231 g/mol. The predicted molar refractivity (Wildman–Crippen MR) is 61.5 cm³/mol. The molecule has 1 saturated heterocycles. The maximum atomic E-state index is 6.18. The van der Waals surface area contributed by atoms with E-state index < -0.39 is 0 Å². The van der Waals surface area contributed by atoms with Crippen molar-refractivity contribution in [3.63, 3.8) is 0 Å². The lowest BCUT2D eigenvalue weighted by atomic mass is 9.98. The Balaban J connectivity index is 1.92. The number of hydrogen-bond acceptors (Lipinski definition) is 1. The first-order valence-electron chi connectivity index (χ1n) is 5.35. The monoisotopic (exact) mass is 242 g/mol. The van der Waals surface area contributed by atoms with Crippen molar-refractivity contribution in [3.05, 3.63) is 33.8 Å². The molecule has 0 aromatic heterocycles. The minimum atomic E-state index is 0.105. The molecule has 15 heavy (non-hydrogen) atoms. The Labute approximate surface area is 99.3 Å². The van der Waals surface area contributed by atoms with Crippen LogP contribution in [0.3, 0.4) is 0 Å². The van der Waals surface area contributed by atoms with E-state index in [1.165, 1.54) is 25.7 Å². The van der Waals surface area contributed by atoms with Crippen molar-refractivity contribution in [2.24, 2.45) is 0 Å². The summed E-state index contributed by atoms with van der Waals surface area (Å²) in [6.07, 6.45) is 5.07. The maximum absolute atomic E-state index is 6.18. The zero-order valence-corrected chi connectivity index (χ0v) is 9.81. The molecule has 0 amide bonds. The number of ether oxygens (including phenoxy) is 1. The van der Waals surface area contributed by atoms with Gasteiger partial charge in [-0.3, -0.25) is 0 Å². The highest BCUT2D eigenvalue weighted by molar-refractivity contribution is 6.42. The van der Waals surface area contributed by atoms with Crippen molar-refractivity contribution in [2.75, 3.05) is 0 Å². The van der Waals surface area contributed by atoms with E-state index in [9.17, 15) is 0 Å². The third kappa shape index (κ3) is 1.49. The van der Waals surface area contributed by atoms with E-state index in [4.69, 9.17) is 27.9 Å². The average Bonchev–Trinajstić information content (AvgIpc) is 2.69. The summed E-state index contributed by atoms with van der Waals surface area (Å²) >= 11 is 12.2. The fourth-order valence-electron chi connectivity index (χ4n) is 2.62. The standard InChI is InChI=1S/C12H12Cl2O/c13-9-5-3-4-8(10(9)14)11-12(15-11)6-1-2-7-12/h3-5,11H,1-2,6-7H2. The van der Waals surface area contributed by atoms with Gasteiger partial charge in [-0.15, -0.1) is 0 Å². The van der Waals surface area contributed by atoms with E-state index >= 15 is 0 Å². The molecule has 1 atom stereocenters. The summed E-state index contributed by atoms with van der Waals surface area (Å²) in [6, 6.07) is 5.77. The van der Waals surface area contributed by atoms with Crippen LogP contribution >= 0.6 is 23.2 Å². The smallest absolute Gasteiger partial charge is 0.114 e. The van der Waals surface area contributed by atoms with Crippen LogP contribution in [0.5, 0.6) is 0 Å². The number of epoxide rings is 1. The molecule has 0 bridgehead atoms. The summed E-state index contributed by atoms with van der Waals surface area (Å²) in [5.74, 6) is 0. The Bertz CT molecular complexity index is 397. The number of rotatable bonds is 1. The minimum absolute atomic E-state index is 0.105. The number of hydrogen-bond donors (Lipinski definition) is 0. The van der Waals surface area contributed by atoms with Gasteiger partial charge in [-0.25, -0.2) is 0 Å². The van der Waals surface area contributed by atoms with E-state index in [-0.39, 0.29) is 11.7 Å². The van der Waals surface area contributed by atoms with Gasteiger partial charge in [-0.2, -0.15) is 0 Å². The van der Waals surface area contributed by atoms with Gasteiger partial charge < -0.3 is 4.74 Å². The summed E-state index contributed by atoms with van der Waals surface area (Å²) in [6.45, 7) is 0. The zero-order chi connectivity index (χ0) is 10.5. The molecule has 3 rings (SSSR count). The number of halogens is 2. The molecule has 1 unspecified atom stereocenters. The molecule has 3 heteroatoms. The second kappa shape index (κ2) is 3.38. The Morgan fingerprint density at radius 1 is 1.20 bits per heavy atom. The van der Waals surface area contributed by atoms with Crippen LogP contribution < -0.4 is 0 Å². The van der Waals surface area contributed by atoms with Crippen molar-refractivity contribution in [1.29, 1.82) is 0 Å². The van der Waals surface area contributed by atoms with Crippen LogP contribution in [0.15, 0.2) is 18.2 Å².